The van der Waals surface area contributed by atoms with Crippen molar-refractivity contribution in [1.82, 2.24) is 34.9 Å². The van der Waals surface area contributed by atoms with Crippen LogP contribution in [0.2, 0.25) is 0 Å². The topological polar surface area (TPSA) is 97.3 Å². The maximum absolute atomic E-state index is 9.53. The number of rotatable bonds is 6. The van der Waals surface area contributed by atoms with Crippen LogP contribution in [0, 0.1) is 6.92 Å². The van der Waals surface area contributed by atoms with E-state index in [0.717, 1.165) is 56.4 Å². The molecule has 0 unspecified atom stereocenters. The molecule has 35 heavy (non-hydrogen) atoms. The van der Waals surface area contributed by atoms with Gasteiger partial charge in [0.1, 0.15) is 23.6 Å². The van der Waals surface area contributed by atoms with Crippen molar-refractivity contribution in [2.45, 2.75) is 64.7 Å². The molecule has 5 rings (SSSR count). The van der Waals surface area contributed by atoms with Gasteiger partial charge in [0.05, 0.1) is 11.9 Å². The third-order valence-corrected chi connectivity index (χ3v) is 7.57. The van der Waals surface area contributed by atoms with Gasteiger partial charge in [-0.15, -0.1) is 0 Å². The molecule has 3 aromatic rings. The zero-order chi connectivity index (χ0) is 24.4. The summed E-state index contributed by atoms with van der Waals surface area (Å²) in [4.78, 5) is 21.5. The molecule has 0 radical (unpaired) electrons. The zero-order valence-corrected chi connectivity index (χ0v) is 20.9. The summed E-state index contributed by atoms with van der Waals surface area (Å²) in [6, 6.07) is 9.12. The number of benzene rings is 1. The van der Waals surface area contributed by atoms with Crippen molar-refractivity contribution >= 4 is 5.82 Å². The third-order valence-electron chi connectivity index (χ3n) is 7.57. The number of aromatic nitrogens is 5. The molecule has 2 atom stereocenters. The van der Waals surface area contributed by atoms with Crippen LogP contribution in [0.15, 0.2) is 36.8 Å². The minimum absolute atomic E-state index is 0.332. The molecule has 9 heteroatoms. The van der Waals surface area contributed by atoms with Gasteiger partial charge >= 0.3 is 0 Å². The molecule has 0 aliphatic carbocycles. The summed E-state index contributed by atoms with van der Waals surface area (Å²) in [5, 5.41) is 16.3. The Morgan fingerprint density at radius 3 is 2.51 bits per heavy atom. The number of hydrogen-bond acceptors (Lipinski definition) is 8. The van der Waals surface area contributed by atoms with E-state index in [9.17, 15) is 5.11 Å². The van der Waals surface area contributed by atoms with Crippen molar-refractivity contribution in [2.24, 2.45) is 0 Å². The van der Waals surface area contributed by atoms with Gasteiger partial charge in [-0.05, 0) is 63.9 Å². The second kappa shape index (κ2) is 10.3. The van der Waals surface area contributed by atoms with Crippen LogP contribution in [0.1, 0.15) is 44.4 Å². The van der Waals surface area contributed by atoms with Crippen molar-refractivity contribution in [1.29, 1.82) is 0 Å². The molecule has 2 saturated heterocycles. The number of hydrogen-bond donors (Lipinski definition) is 2. The number of aryl methyl sites for hydroxylation is 1. The van der Waals surface area contributed by atoms with Gasteiger partial charge in [0.2, 0.25) is 0 Å². The van der Waals surface area contributed by atoms with E-state index in [1.165, 1.54) is 24.7 Å². The van der Waals surface area contributed by atoms with Crippen LogP contribution in [0.5, 0.6) is 5.75 Å². The second-order valence-corrected chi connectivity index (χ2v) is 9.93. The van der Waals surface area contributed by atoms with E-state index in [1.54, 1.807) is 18.3 Å². The van der Waals surface area contributed by atoms with Gasteiger partial charge in [0.25, 0.3) is 0 Å². The number of piperazine rings is 1. The van der Waals surface area contributed by atoms with Gasteiger partial charge < -0.3 is 10.0 Å². The first kappa shape index (κ1) is 23.7. The number of likely N-dealkylation sites (tertiary alicyclic amines) is 1. The Kier molecular flexibility index (Phi) is 6.97. The summed E-state index contributed by atoms with van der Waals surface area (Å²) in [7, 11) is 0. The van der Waals surface area contributed by atoms with Gasteiger partial charge in [-0.2, -0.15) is 5.10 Å². The van der Waals surface area contributed by atoms with Crippen molar-refractivity contribution in [3.8, 4) is 17.3 Å². The Labute approximate surface area is 207 Å². The second-order valence-electron chi connectivity index (χ2n) is 9.93. The number of piperidine rings is 1. The predicted octanol–water partition coefficient (Wildman–Crippen LogP) is 3.23. The fourth-order valence-electron chi connectivity index (χ4n) is 5.64. The normalized spacial score (nSPS) is 22.5. The summed E-state index contributed by atoms with van der Waals surface area (Å²) in [6.45, 7) is 11.9. The average Bonchev–Trinajstić information content (AvgIpc) is 3.41. The number of phenolic OH excluding ortho intramolecular Hbond substituents is 1. The van der Waals surface area contributed by atoms with E-state index in [-0.39, 0.29) is 0 Å². The highest BCUT2D eigenvalue weighted by Gasteiger charge is 2.37. The number of phenols is 1. The number of anilines is 1. The van der Waals surface area contributed by atoms with Crippen molar-refractivity contribution < 1.29 is 5.11 Å². The minimum atomic E-state index is 0.332. The molecule has 2 fully saturated rings. The molecular formula is C26H36N8O. The maximum Gasteiger partial charge on any atom is 0.175 e. The Balaban J connectivity index is 1.22. The lowest BCUT2D eigenvalue weighted by Gasteiger charge is -2.50. The first-order valence-corrected chi connectivity index (χ1v) is 12.7. The lowest BCUT2D eigenvalue weighted by molar-refractivity contribution is 0.0505. The fourth-order valence-corrected chi connectivity index (χ4v) is 5.64. The molecule has 2 aromatic heterocycles. The van der Waals surface area contributed by atoms with E-state index in [2.05, 4.69) is 43.7 Å². The highest BCUT2D eigenvalue weighted by atomic mass is 16.3. The van der Waals surface area contributed by atoms with Gasteiger partial charge in [-0.3, -0.25) is 14.9 Å². The van der Waals surface area contributed by atoms with Crippen LogP contribution in [0.4, 0.5) is 5.82 Å². The third kappa shape index (κ3) is 5.16. The summed E-state index contributed by atoms with van der Waals surface area (Å²) >= 11 is 0. The monoisotopic (exact) mass is 476 g/mol. The van der Waals surface area contributed by atoms with E-state index in [1.807, 2.05) is 19.1 Å². The van der Waals surface area contributed by atoms with Crippen molar-refractivity contribution in [3.63, 3.8) is 0 Å². The molecule has 186 valence electrons. The van der Waals surface area contributed by atoms with Crippen molar-refractivity contribution in [3.05, 3.63) is 48.0 Å². The Morgan fingerprint density at radius 2 is 1.86 bits per heavy atom. The zero-order valence-electron chi connectivity index (χ0n) is 20.9. The smallest absolute Gasteiger partial charge is 0.175 e. The minimum Gasteiger partial charge on any atom is -0.508 e. The Bertz CT molecular complexity index is 1100. The maximum atomic E-state index is 9.53. The molecule has 0 saturated carbocycles. The van der Waals surface area contributed by atoms with E-state index < -0.39 is 0 Å². The molecule has 1 aromatic carbocycles. The number of H-pyrrole nitrogens is 1. The molecule has 2 N–H and O–H groups in total. The number of aromatic amines is 1. The highest BCUT2D eigenvalue weighted by Crippen LogP contribution is 2.30. The van der Waals surface area contributed by atoms with E-state index >= 15 is 0 Å². The Hall–Kier alpha value is -3.04. The lowest BCUT2D eigenvalue weighted by Crippen LogP contribution is -2.61. The standard InChI is InChI=1S/C26H36N8O/c1-4-21-16-33(26-19(3)30-24(13-27-26)25-28-17-29-31-25)18(2)14-34(21)22-9-11-32(12-10-22)15-20-5-7-23(35)8-6-20/h5-8,13,17-18,21-22,35H,4,9-12,14-16H2,1-3H3,(H,28,29,31)/t18-,21+/m1/s1. The van der Waals surface area contributed by atoms with Crippen LogP contribution >= 0.6 is 0 Å². The van der Waals surface area contributed by atoms with Gasteiger partial charge in [-0.1, -0.05) is 19.1 Å². The quantitative estimate of drug-likeness (QED) is 0.560. The van der Waals surface area contributed by atoms with Crippen LogP contribution in [0.3, 0.4) is 0 Å². The molecule has 2 aliphatic heterocycles. The SMILES string of the molecule is CC[C@H]1CN(c2ncc(-c3ncn[nH]3)nc2C)[C@H](C)CN1C1CCN(Cc2ccc(O)cc2)CC1. The fraction of sp³-hybridized carbons (Fsp3) is 0.538. The van der Waals surface area contributed by atoms with Gasteiger partial charge in [0.15, 0.2) is 5.82 Å². The Morgan fingerprint density at radius 1 is 1.09 bits per heavy atom. The van der Waals surface area contributed by atoms with Crippen molar-refractivity contribution in [2.75, 3.05) is 31.1 Å². The van der Waals surface area contributed by atoms with Crippen LogP contribution < -0.4 is 4.90 Å². The lowest BCUT2D eigenvalue weighted by atomic mass is 9.96. The number of nitrogens with zero attached hydrogens (tertiary/aromatic N) is 7. The number of aromatic hydroxyl groups is 1. The van der Waals surface area contributed by atoms with Gasteiger partial charge in [0, 0.05) is 37.8 Å². The van der Waals surface area contributed by atoms with Gasteiger partial charge in [-0.25, -0.2) is 15.0 Å². The van der Waals surface area contributed by atoms with E-state index in [0.29, 0.717) is 29.7 Å². The molecule has 0 bridgehead atoms. The molecule has 4 heterocycles. The van der Waals surface area contributed by atoms with E-state index in [4.69, 9.17) is 9.97 Å². The summed E-state index contributed by atoms with van der Waals surface area (Å²) < 4.78 is 0. The molecule has 2 aliphatic rings. The first-order chi connectivity index (χ1) is 17.0. The van der Waals surface area contributed by atoms with Crippen LogP contribution in [0.25, 0.3) is 11.5 Å². The van der Waals surface area contributed by atoms with Crippen LogP contribution in [-0.2, 0) is 6.54 Å². The summed E-state index contributed by atoms with van der Waals surface area (Å²) in [6.07, 6.45) is 6.82. The summed E-state index contributed by atoms with van der Waals surface area (Å²) in [5.74, 6) is 1.95. The average molecular weight is 477 g/mol. The van der Waals surface area contributed by atoms with Crippen LogP contribution in [-0.4, -0.2) is 84.4 Å². The molecule has 0 spiro atoms. The highest BCUT2D eigenvalue weighted by molar-refractivity contribution is 5.53. The number of nitrogens with one attached hydrogen (secondary N) is 1. The molecular weight excluding hydrogens is 440 g/mol. The first-order valence-electron chi connectivity index (χ1n) is 12.7. The molecule has 0 amide bonds. The molecule has 9 nitrogen and oxygen atoms in total. The largest absolute Gasteiger partial charge is 0.508 e. The predicted molar refractivity (Wildman–Crippen MR) is 136 cm³/mol. The summed E-state index contributed by atoms with van der Waals surface area (Å²) in [5.41, 5.74) is 2.92.